The summed E-state index contributed by atoms with van der Waals surface area (Å²) in [5.74, 6) is -0.134. The Morgan fingerprint density at radius 3 is 2.04 bits per heavy atom. The summed E-state index contributed by atoms with van der Waals surface area (Å²) in [6.07, 6.45) is 0.308. The Balaban J connectivity index is 1.88. The van der Waals surface area contributed by atoms with Crippen molar-refractivity contribution in [1.82, 2.24) is 0 Å². The summed E-state index contributed by atoms with van der Waals surface area (Å²) in [7, 11) is -0.473. The Hall–Kier alpha value is -1.62. The lowest BCUT2D eigenvalue weighted by atomic mass is 9.65. The van der Waals surface area contributed by atoms with Gasteiger partial charge in [-0.1, -0.05) is 41.9 Å². The molecule has 0 spiro atoms. The third kappa shape index (κ3) is 3.88. The van der Waals surface area contributed by atoms with E-state index < -0.39 is 18.3 Å². The van der Waals surface area contributed by atoms with Gasteiger partial charge in [0.15, 0.2) is 5.78 Å². The molecule has 2 aromatic rings. The summed E-state index contributed by atoms with van der Waals surface area (Å²) in [6, 6.07) is 16.9. The van der Waals surface area contributed by atoms with E-state index in [-0.39, 0.29) is 11.6 Å². The van der Waals surface area contributed by atoms with E-state index >= 15 is 0 Å². The summed E-state index contributed by atoms with van der Waals surface area (Å²) >= 11 is 5.93. The van der Waals surface area contributed by atoms with Crippen LogP contribution in [-0.4, -0.2) is 24.1 Å². The van der Waals surface area contributed by atoms with Crippen molar-refractivity contribution in [3.05, 3.63) is 70.7 Å². The highest BCUT2D eigenvalue weighted by Crippen LogP contribution is 2.42. The van der Waals surface area contributed by atoms with E-state index in [9.17, 15) is 4.79 Å². The standard InChI is InChI=1S/C21H24BClO3/c1-20(2)21(3,4)26-22(25-20)18(15-8-6-5-7-9-15)14-19(24)16-10-12-17(23)13-11-16/h5-13,18H,14H2,1-4H3. The van der Waals surface area contributed by atoms with Crippen LogP contribution in [0.3, 0.4) is 0 Å². The monoisotopic (exact) mass is 370 g/mol. The second-order valence-corrected chi connectivity index (χ2v) is 8.21. The molecule has 136 valence electrons. The van der Waals surface area contributed by atoms with Gasteiger partial charge in [-0.25, -0.2) is 0 Å². The van der Waals surface area contributed by atoms with Crippen LogP contribution in [-0.2, 0) is 9.31 Å². The Bertz CT molecular complexity index is 756. The van der Waals surface area contributed by atoms with Crippen molar-refractivity contribution >= 4 is 24.5 Å². The van der Waals surface area contributed by atoms with Gasteiger partial charge in [0.25, 0.3) is 0 Å². The highest BCUT2D eigenvalue weighted by atomic mass is 35.5. The van der Waals surface area contributed by atoms with E-state index in [1.807, 2.05) is 58.0 Å². The van der Waals surface area contributed by atoms with Crippen LogP contribution in [0.15, 0.2) is 54.6 Å². The van der Waals surface area contributed by atoms with E-state index in [1.165, 1.54) is 0 Å². The van der Waals surface area contributed by atoms with Crippen LogP contribution in [0, 0.1) is 0 Å². The van der Waals surface area contributed by atoms with Crippen molar-refractivity contribution in [1.29, 1.82) is 0 Å². The Morgan fingerprint density at radius 2 is 1.50 bits per heavy atom. The number of carbonyl (C=O) groups is 1. The fourth-order valence-corrected chi connectivity index (χ4v) is 3.20. The average Bonchev–Trinajstić information content (AvgIpc) is 2.81. The quantitative estimate of drug-likeness (QED) is 0.527. The molecule has 0 aliphatic carbocycles. The molecule has 2 aromatic carbocycles. The SMILES string of the molecule is CC1(C)OB(C(CC(=O)c2ccc(Cl)cc2)c2ccccc2)OC1(C)C. The molecule has 5 heteroatoms. The molecule has 26 heavy (non-hydrogen) atoms. The van der Waals surface area contributed by atoms with Crippen LogP contribution in [0.4, 0.5) is 0 Å². The molecular formula is C21H24BClO3. The molecule has 1 saturated heterocycles. The number of hydrogen-bond acceptors (Lipinski definition) is 3. The van der Waals surface area contributed by atoms with Crippen LogP contribution in [0.2, 0.25) is 5.02 Å². The van der Waals surface area contributed by atoms with Crippen molar-refractivity contribution in [3.63, 3.8) is 0 Å². The Kier molecular flexibility index (Phi) is 5.29. The average molecular weight is 371 g/mol. The van der Waals surface area contributed by atoms with Crippen LogP contribution >= 0.6 is 11.6 Å². The van der Waals surface area contributed by atoms with Crippen molar-refractivity contribution < 1.29 is 14.1 Å². The zero-order chi connectivity index (χ0) is 18.9. The molecule has 3 rings (SSSR count). The highest BCUT2D eigenvalue weighted by Gasteiger charge is 2.54. The smallest absolute Gasteiger partial charge is 0.403 e. The third-order valence-corrected chi connectivity index (χ3v) is 5.65. The molecule has 0 N–H and O–H groups in total. The van der Waals surface area contributed by atoms with E-state index in [0.717, 1.165) is 5.56 Å². The zero-order valence-electron chi connectivity index (χ0n) is 15.7. The second kappa shape index (κ2) is 7.18. The molecule has 1 fully saturated rings. The largest absolute Gasteiger partial charge is 0.466 e. The lowest BCUT2D eigenvalue weighted by molar-refractivity contribution is 0.00578. The molecule has 1 aliphatic rings. The van der Waals surface area contributed by atoms with E-state index in [0.29, 0.717) is 17.0 Å². The van der Waals surface area contributed by atoms with Crippen molar-refractivity contribution in [2.45, 2.75) is 51.1 Å². The van der Waals surface area contributed by atoms with Gasteiger partial charge < -0.3 is 9.31 Å². The minimum atomic E-state index is -0.473. The number of halogens is 1. The fraction of sp³-hybridized carbons (Fsp3) is 0.381. The van der Waals surface area contributed by atoms with Crippen molar-refractivity contribution in [2.24, 2.45) is 0 Å². The van der Waals surface area contributed by atoms with Crippen LogP contribution in [0.1, 0.15) is 55.9 Å². The molecule has 1 aliphatic heterocycles. The topological polar surface area (TPSA) is 35.5 Å². The first kappa shape index (κ1) is 19.2. The summed E-state index contributed by atoms with van der Waals surface area (Å²) in [5, 5.41) is 0.618. The molecular weight excluding hydrogens is 346 g/mol. The molecule has 1 atom stereocenters. The van der Waals surface area contributed by atoms with Gasteiger partial charge in [-0.05, 0) is 57.5 Å². The number of carbonyl (C=O) groups excluding carboxylic acids is 1. The molecule has 0 bridgehead atoms. The Morgan fingerprint density at radius 1 is 0.962 bits per heavy atom. The molecule has 3 nitrogen and oxygen atoms in total. The fourth-order valence-electron chi connectivity index (χ4n) is 3.08. The summed E-state index contributed by atoms with van der Waals surface area (Å²) in [6.45, 7) is 8.10. The molecule has 0 saturated carbocycles. The lowest BCUT2D eigenvalue weighted by Gasteiger charge is -2.32. The minimum Gasteiger partial charge on any atom is -0.403 e. The summed E-state index contributed by atoms with van der Waals surface area (Å²) in [5.41, 5.74) is 0.808. The molecule has 0 radical (unpaired) electrons. The van der Waals surface area contributed by atoms with Gasteiger partial charge in [0.2, 0.25) is 0 Å². The number of benzene rings is 2. The van der Waals surface area contributed by atoms with Crippen molar-refractivity contribution in [3.8, 4) is 0 Å². The minimum absolute atomic E-state index is 0.0465. The second-order valence-electron chi connectivity index (χ2n) is 7.78. The van der Waals surface area contributed by atoms with Gasteiger partial charge >= 0.3 is 7.12 Å². The molecule has 1 heterocycles. The first-order valence-corrected chi connectivity index (χ1v) is 9.27. The van der Waals surface area contributed by atoms with Crippen LogP contribution in [0.5, 0.6) is 0 Å². The summed E-state index contributed by atoms with van der Waals surface area (Å²) in [4.78, 5) is 12.9. The number of ketones is 1. The maximum Gasteiger partial charge on any atom is 0.466 e. The number of Topliss-reactive ketones (excluding diaryl/α,β-unsaturated/α-hetero) is 1. The van der Waals surface area contributed by atoms with Gasteiger partial charge in [0.1, 0.15) is 0 Å². The van der Waals surface area contributed by atoms with Crippen molar-refractivity contribution in [2.75, 3.05) is 0 Å². The first-order chi connectivity index (χ1) is 12.2. The first-order valence-electron chi connectivity index (χ1n) is 8.89. The lowest BCUT2D eigenvalue weighted by Crippen LogP contribution is -2.41. The van der Waals surface area contributed by atoms with Crippen LogP contribution < -0.4 is 0 Å². The highest BCUT2D eigenvalue weighted by molar-refractivity contribution is 6.48. The maximum absolute atomic E-state index is 12.9. The third-order valence-electron chi connectivity index (χ3n) is 5.40. The van der Waals surface area contributed by atoms with E-state index in [1.54, 1.807) is 24.3 Å². The van der Waals surface area contributed by atoms with Gasteiger partial charge in [-0.3, -0.25) is 4.79 Å². The molecule has 1 unspecified atom stereocenters. The normalized spacial score (nSPS) is 19.3. The van der Waals surface area contributed by atoms with E-state index in [2.05, 4.69) is 0 Å². The number of rotatable bonds is 5. The van der Waals surface area contributed by atoms with Gasteiger partial charge in [0.05, 0.1) is 11.2 Å². The van der Waals surface area contributed by atoms with E-state index in [4.69, 9.17) is 20.9 Å². The van der Waals surface area contributed by atoms with Crippen LogP contribution in [0.25, 0.3) is 0 Å². The van der Waals surface area contributed by atoms with Gasteiger partial charge in [-0.2, -0.15) is 0 Å². The van der Waals surface area contributed by atoms with Gasteiger partial charge in [-0.15, -0.1) is 0 Å². The number of hydrogen-bond donors (Lipinski definition) is 0. The zero-order valence-corrected chi connectivity index (χ0v) is 16.4. The maximum atomic E-state index is 12.9. The predicted octanol–water partition coefficient (Wildman–Crippen LogP) is 5.33. The predicted molar refractivity (Wildman–Crippen MR) is 106 cm³/mol. The summed E-state index contributed by atoms with van der Waals surface area (Å²) < 4.78 is 12.5. The molecule has 0 amide bonds. The Labute approximate surface area is 160 Å². The molecule has 0 aromatic heterocycles. The van der Waals surface area contributed by atoms with Gasteiger partial charge in [0, 0.05) is 22.8 Å².